The summed E-state index contributed by atoms with van der Waals surface area (Å²) in [4.78, 5) is 0. The van der Waals surface area contributed by atoms with Gasteiger partial charge in [0.2, 0.25) is 0 Å². The first-order valence-corrected chi connectivity index (χ1v) is 5.94. The molecule has 0 N–H and O–H groups in total. The SMILES string of the molecule is CCOc1cccc(Oc2c(F)cc(C#N)cc2F)c1. The third-order valence-corrected chi connectivity index (χ3v) is 2.46. The van der Waals surface area contributed by atoms with Crippen molar-refractivity contribution >= 4 is 0 Å². The van der Waals surface area contributed by atoms with Crippen molar-refractivity contribution in [3.05, 3.63) is 53.6 Å². The van der Waals surface area contributed by atoms with Gasteiger partial charge in [0.25, 0.3) is 0 Å². The zero-order chi connectivity index (χ0) is 14.5. The Morgan fingerprint density at radius 2 is 1.75 bits per heavy atom. The Bertz CT molecular complexity index is 642. The van der Waals surface area contributed by atoms with Crippen LogP contribution in [0.3, 0.4) is 0 Å². The van der Waals surface area contributed by atoms with Crippen molar-refractivity contribution in [1.29, 1.82) is 5.26 Å². The molecule has 0 heterocycles. The minimum Gasteiger partial charge on any atom is -0.494 e. The summed E-state index contributed by atoms with van der Waals surface area (Å²) in [5.41, 5.74) is -0.101. The van der Waals surface area contributed by atoms with Crippen LogP contribution in [0.4, 0.5) is 8.78 Å². The molecule has 2 rings (SSSR count). The molecule has 0 aliphatic carbocycles. The lowest BCUT2D eigenvalue weighted by Crippen LogP contribution is -1.95. The molecule has 0 atom stereocenters. The predicted molar refractivity (Wildman–Crippen MR) is 68.8 cm³/mol. The normalized spacial score (nSPS) is 9.90. The summed E-state index contributed by atoms with van der Waals surface area (Å²) in [5.74, 6) is -1.61. The highest BCUT2D eigenvalue weighted by molar-refractivity contribution is 5.41. The van der Waals surface area contributed by atoms with E-state index in [0.717, 1.165) is 12.1 Å². The van der Waals surface area contributed by atoms with Gasteiger partial charge in [0, 0.05) is 6.07 Å². The lowest BCUT2D eigenvalue weighted by Gasteiger charge is -2.09. The lowest BCUT2D eigenvalue weighted by atomic mass is 10.2. The molecule has 0 amide bonds. The molecule has 3 nitrogen and oxygen atoms in total. The number of ether oxygens (including phenoxy) is 2. The lowest BCUT2D eigenvalue weighted by molar-refractivity contribution is 0.337. The minimum absolute atomic E-state index is 0.101. The van der Waals surface area contributed by atoms with Crippen LogP contribution in [0.5, 0.6) is 17.2 Å². The summed E-state index contributed by atoms with van der Waals surface area (Å²) in [7, 11) is 0. The number of nitrogens with zero attached hydrogens (tertiary/aromatic N) is 1. The molecule has 0 spiro atoms. The van der Waals surface area contributed by atoms with Crippen LogP contribution in [-0.4, -0.2) is 6.61 Å². The molecule has 0 unspecified atom stereocenters. The smallest absolute Gasteiger partial charge is 0.198 e. The third kappa shape index (κ3) is 3.04. The summed E-state index contributed by atoms with van der Waals surface area (Å²) in [6.07, 6.45) is 0. The molecule has 0 aromatic heterocycles. The quantitative estimate of drug-likeness (QED) is 0.846. The predicted octanol–water partition coefficient (Wildman–Crippen LogP) is 4.03. The molecule has 2 aromatic carbocycles. The van der Waals surface area contributed by atoms with Crippen LogP contribution < -0.4 is 9.47 Å². The average molecular weight is 275 g/mol. The Kier molecular flexibility index (Phi) is 4.16. The fourth-order valence-electron chi connectivity index (χ4n) is 1.63. The molecule has 0 fully saturated rings. The van der Waals surface area contributed by atoms with Gasteiger partial charge in [0.15, 0.2) is 17.4 Å². The van der Waals surface area contributed by atoms with Crippen LogP contribution in [0.2, 0.25) is 0 Å². The fraction of sp³-hybridized carbons (Fsp3) is 0.133. The highest BCUT2D eigenvalue weighted by atomic mass is 19.1. The van der Waals surface area contributed by atoms with Gasteiger partial charge in [0.1, 0.15) is 11.5 Å². The molecule has 2 aromatic rings. The number of hydrogen-bond donors (Lipinski definition) is 0. The molecule has 5 heteroatoms. The zero-order valence-corrected chi connectivity index (χ0v) is 10.7. The Morgan fingerprint density at radius 3 is 2.35 bits per heavy atom. The van der Waals surface area contributed by atoms with E-state index >= 15 is 0 Å². The van der Waals surface area contributed by atoms with Crippen molar-refractivity contribution in [2.45, 2.75) is 6.92 Å². The molecular weight excluding hydrogens is 264 g/mol. The second kappa shape index (κ2) is 6.02. The average Bonchev–Trinajstić information content (AvgIpc) is 2.43. The minimum atomic E-state index is -0.927. The number of benzene rings is 2. The van der Waals surface area contributed by atoms with Crippen LogP contribution in [0.15, 0.2) is 36.4 Å². The molecule has 102 valence electrons. The van der Waals surface area contributed by atoms with Crippen LogP contribution >= 0.6 is 0 Å². The first-order chi connectivity index (χ1) is 9.63. The number of halogens is 2. The second-order valence-corrected chi connectivity index (χ2v) is 3.89. The zero-order valence-electron chi connectivity index (χ0n) is 10.7. The molecular formula is C15H11F2NO2. The first kappa shape index (κ1) is 13.8. The Hall–Kier alpha value is -2.61. The monoisotopic (exact) mass is 275 g/mol. The maximum Gasteiger partial charge on any atom is 0.198 e. The molecule has 0 aliphatic heterocycles. The van der Waals surface area contributed by atoms with Gasteiger partial charge in [-0.2, -0.15) is 5.26 Å². The van der Waals surface area contributed by atoms with E-state index in [1.165, 1.54) is 6.07 Å². The van der Waals surface area contributed by atoms with Gasteiger partial charge in [0.05, 0.1) is 18.2 Å². The molecule has 0 saturated heterocycles. The summed E-state index contributed by atoms with van der Waals surface area (Å²) in [5, 5.41) is 8.62. The molecule has 0 radical (unpaired) electrons. The Morgan fingerprint density at radius 1 is 1.10 bits per heavy atom. The van der Waals surface area contributed by atoms with Gasteiger partial charge in [-0.05, 0) is 31.2 Å². The number of rotatable bonds is 4. The second-order valence-electron chi connectivity index (χ2n) is 3.89. The molecule has 0 bridgehead atoms. The summed E-state index contributed by atoms with van der Waals surface area (Å²) in [6.45, 7) is 2.30. The van der Waals surface area contributed by atoms with Crippen LogP contribution in [0, 0.1) is 23.0 Å². The van der Waals surface area contributed by atoms with Gasteiger partial charge in [-0.15, -0.1) is 0 Å². The van der Waals surface area contributed by atoms with Gasteiger partial charge < -0.3 is 9.47 Å². The van der Waals surface area contributed by atoms with Crippen LogP contribution in [0.25, 0.3) is 0 Å². The van der Waals surface area contributed by atoms with E-state index in [0.29, 0.717) is 12.4 Å². The first-order valence-electron chi connectivity index (χ1n) is 5.94. The van der Waals surface area contributed by atoms with Gasteiger partial charge in [-0.1, -0.05) is 6.07 Å². The van der Waals surface area contributed by atoms with E-state index in [4.69, 9.17) is 14.7 Å². The molecule has 0 aliphatic rings. The Labute approximate surface area is 115 Å². The topological polar surface area (TPSA) is 42.2 Å². The van der Waals surface area contributed by atoms with E-state index in [1.807, 2.05) is 6.92 Å². The van der Waals surface area contributed by atoms with Gasteiger partial charge in [-0.3, -0.25) is 0 Å². The van der Waals surface area contributed by atoms with Crippen molar-refractivity contribution in [2.75, 3.05) is 6.61 Å². The van der Waals surface area contributed by atoms with Crippen molar-refractivity contribution in [1.82, 2.24) is 0 Å². The number of hydrogen-bond acceptors (Lipinski definition) is 3. The largest absolute Gasteiger partial charge is 0.494 e. The maximum atomic E-state index is 13.7. The van der Waals surface area contributed by atoms with Crippen molar-refractivity contribution in [3.63, 3.8) is 0 Å². The van der Waals surface area contributed by atoms with Crippen LogP contribution in [0.1, 0.15) is 12.5 Å². The summed E-state index contributed by atoms with van der Waals surface area (Å²) >= 11 is 0. The van der Waals surface area contributed by atoms with E-state index in [2.05, 4.69) is 0 Å². The van der Waals surface area contributed by atoms with Gasteiger partial charge in [-0.25, -0.2) is 8.78 Å². The van der Waals surface area contributed by atoms with Crippen molar-refractivity contribution < 1.29 is 18.3 Å². The van der Waals surface area contributed by atoms with Gasteiger partial charge >= 0.3 is 0 Å². The van der Waals surface area contributed by atoms with Crippen molar-refractivity contribution in [3.8, 4) is 23.3 Å². The summed E-state index contributed by atoms with van der Waals surface area (Å²) < 4.78 is 37.8. The highest BCUT2D eigenvalue weighted by Crippen LogP contribution is 2.30. The van der Waals surface area contributed by atoms with Crippen molar-refractivity contribution in [2.24, 2.45) is 0 Å². The van der Waals surface area contributed by atoms with E-state index in [1.54, 1.807) is 24.3 Å². The molecule has 0 saturated carbocycles. The van der Waals surface area contributed by atoms with Crippen LogP contribution in [-0.2, 0) is 0 Å². The van der Waals surface area contributed by atoms with E-state index in [-0.39, 0.29) is 11.3 Å². The number of nitriles is 1. The fourth-order valence-corrected chi connectivity index (χ4v) is 1.63. The van der Waals surface area contributed by atoms with E-state index in [9.17, 15) is 8.78 Å². The highest BCUT2D eigenvalue weighted by Gasteiger charge is 2.14. The molecule has 20 heavy (non-hydrogen) atoms. The standard InChI is InChI=1S/C15H11F2NO2/c1-2-19-11-4-3-5-12(8-11)20-15-13(16)6-10(9-18)7-14(15)17/h3-8H,2H2,1H3. The summed E-state index contributed by atoms with van der Waals surface area (Å²) in [6, 6.07) is 9.96. The maximum absolute atomic E-state index is 13.7. The third-order valence-electron chi connectivity index (χ3n) is 2.46. The van der Waals surface area contributed by atoms with E-state index < -0.39 is 17.4 Å². The Balaban J connectivity index is 2.31.